The predicted octanol–water partition coefficient (Wildman–Crippen LogP) is 1.29. The largest absolute Gasteiger partial charge is 0.355 e. The van der Waals surface area contributed by atoms with Crippen molar-refractivity contribution in [1.29, 1.82) is 0 Å². The number of rotatable bonds is 1. The van der Waals surface area contributed by atoms with Crippen molar-refractivity contribution in [3.05, 3.63) is 34.9 Å². The van der Waals surface area contributed by atoms with Gasteiger partial charge in [-0.25, -0.2) is 0 Å². The SMILES string of the molecule is CNC(=O)c1cc2ccc(Cl)cc2n2nnnc12. The van der Waals surface area contributed by atoms with Crippen molar-refractivity contribution < 1.29 is 4.79 Å². The smallest absolute Gasteiger partial charge is 0.254 e. The zero-order chi connectivity index (χ0) is 12.7. The summed E-state index contributed by atoms with van der Waals surface area (Å²) in [6.07, 6.45) is 0. The Morgan fingerprint density at radius 3 is 3.00 bits per heavy atom. The molecule has 2 heterocycles. The maximum Gasteiger partial charge on any atom is 0.254 e. The fourth-order valence-electron chi connectivity index (χ4n) is 1.86. The zero-order valence-corrected chi connectivity index (χ0v) is 10.1. The number of aromatic nitrogens is 4. The highest BCUT2D eigenvalue weighted by molar-refractivity contribution is 6.31. The Morgan fingerprint density at radius 1 is 1.39 bits per heavy atom. The second-order valence-electron chi connectivity index (χ2n) is 3.75. The van der Waals surface area contributed by atoms with Crippen LogP contribution in [0.3, 0.4) is 0 Å². The van der Waals surface area contributed by atoms with Crippen LogP contribution in [0.15, 0.2) is 24.3 Å². The minimum atomic E-state index is -0.230. The summed E-state index contributed by atoms with van der Waals surface area (Å²) in [5.74, 6) is -0.230. The van der Waals surface area contributed by atoms with E-state index in [2.05, 4.69) is 20.8 Å². The fourth-order valence-corrected chi connectivity index (χ4v) is 2.03. The minimum Gasteiger partial charge on any atom is -0.355 e. The summed E-state index contributed by atoms with van der Waals surface area (Å²) < 4.78 is 1.51. The van der Waals surface area contributed by atoms with Gasteiger partial charge in [-0.1, -0.05) is 17.7 Å². The molecular formula is C11H8ClN5O. The highest BCUT2D eigenvalue weighted by Crippen LogP contribution is 2.22. The van der Waals surface area contributed by atoms with Crippen LogP contribution in [-0.4, -0.2) is 33.0 Å². The van der Waals surface area contributed by atoms with E-state index in [0.29, 0.717) is 16.2 Å². The van der Waals surface area contributed by atoms with Crippen molar-refractivity contribution in [1.82, 2.24) is 25.4 Å². The number of hydrogen-bond donors (Lipinski definition) is 1. The van der Waals surface area contributed by atoms with E-state index in [0.717, 1.165) is 10.9 Å². The number of hydrogen-bond acceptors (Lipinski definition) is 4. The van der Waals surface area contributed by atoms with Gasteiger partial charge in [0.05, 0.1) is 11.1 Å². The van der Waals surface area contributed by atoms with Gasteiger partial charge in [0, 0.05) is 17.5 Å². The van der Waals surface area contributed by atoms with Crippen LogP contribution in [0, 0.1) is 0 Å². The molecule has 2 aromatic heterocycles. The van der Waals surface area contributed by atoms with E-state index in [9.17, 15) is 4.79 Å². The summed E-state index contributed by atoms with van der Waals surface area (Å²) in [5.41, 5.74) is 1.59. The molecular weight excluding hydrogens is 254 g/mol. The maximum absolute atomic E-state index is 11.8. The molecule has 0 bridgehead atoms. The number of tetrazole rings is 1. The van der Waals surface area contributed by atoms with Gasteiger partial charge in [0.15, 0.2) is 5.65 Å². The maximum atomic E-state index is 11.8. The third kappa shape index (κ3) is 1.50. The van der Waals surface area contributed by atoms with Gasteiger partial charge in [0.25, 0.3) is 5.91 Å². The summed E-state index contributed by atoms with van der Waals surface area (Å²) in [7, 11) is 1.56. The number of halogens is 1. The monoisotopic (exact) mass is 261 g/mol. The van der Waals surface area contributed by atoms with E-state index < -0.39 is 0 Å². The number of pyridine rings is 1. The van der Waals surface area contributed by atoms with Crippen LogP contribution in [0.4, 0.5) is 0 Å². The third-order valence-electron chi connectivity index (χ3n) is 2.70. The van der Waals surface area contributed by atoms with Gasteiger partial charge >= 0.3 is 0 Å². The summed E-state index contributed by atoms with van der Waals surface area (Å²) in [4.78, 5) is 11.8. The van der Waals surface area contributed by atoms with Crippen molar-refractivity contribution in [3.8, 4) is 0 Å². The van der Waals surface area contributed by atoms with Crippen LogP contribution < -0.4 is 5.32 Å². The molecule has 0 spiro atoms. The first kappa shape index (κ1) is 10.9. The van der Waals surface area contributed by atoms with Crippen LogP contribution in [0.1, 0.15) is 10.4 Å². The lowest BCUT2D eigenvalue weighted by Crippen LogP contribution is -2.19. The molecule has 1 N–H and O–H groups in total. The van der Waals surface area contributed by atoms with Crippen molar-refractivity contribution in [2.45, 2.75) is 0 Å². The number of benzene rings is 1. The Balaban J connectivity index is 2.47. The van der Waals surface area contributed by atoms with Crippen molar-refractivity contribution in [3.63, 3.8) is 0 Å². The average Bonchev–Trinajstić information content (AvgIpc) is 2.86. The Bertz CT molecular complexity index is 767. The lowest BCUT2D eigenvalue weighted by Gasteiger charge is -2.05. The normalized spacial score (nSPS) is 11.0. The van der Waals surface area contributed by atoms with Gasteiger partial charge < -0.3 is 5.32 Å². The van der Waals surface area contributed by atoms with Crippen molar-refractivity contribution in [2.24, 2.45) is 0 Å². The zero-order valence-electron chi connectivity index (χ0n) is 9.38. The Morgan fingerprint density at radius 2 is 2.22 bits per heavy atom. The molecule has 0 aliphatic heterocycles. The van der Waals surface area contributed by atoms with Gasteiger partial charge in [-0.2, -0.15) is 4.52 Å². The number of nitrogens with one attached hydrogen (secondary N) is 1. The summed E-state index contributed by atoms with van der Waals surface area (Å²) in [5, 5.41) is 15.3. The molecule has 0 fully saturated rings. The van der Waals surface area contributed by atoms with E-state index in [1.54, 1.807) is 25.2 Å². The molecule has 0 saturated heterocycles. The molecule has 0 aliphatic rings. The molecule has 1 amide bonds. The molecule has 3 aromatic rings. The Labute approximate surface area is 107 Å². The molecule has 0 aliphatic carbocycles. The van der Waals surface area contributed by atoms with Gasteiger partial charge in [-0.3, -0.25) is 4.79 Å². The molecule has 0 radical (unpaired) electrons. The van der Waals surface area contributed by atoms with Crippen molar-refractivity contribution in [2.75, 3.05) is 7.05 Å². The fraction of sp³-hybridized carbons (Fsp3) is 0.0909. The van der Waals surface area contributed by atoms with Gasteiger partial charge in [-0.05, 0) is 28.6 Å². The van der Waals surface area contributed by atoms with Crippen LogP contribution in [0.2, 0.25) is 5.02 Å². The lowest BCUT2D eigenvalue weighted by atomic mass is 10.1. The standard InChI is InChI=1S/C11H8ClN5O/c1-13-11(18)8-4-6-2-3-7(12)5-9(6)17-10(8)14-15-16-17/h2-5H,1H3,(H,13,18). The second-order valence-corrected chi connectivity index (χ2v) is 4.19. The number of amides is 1. The van der Waals surface area contributed by atoms with Gasteiger partial charge in [0.1, 0.15) is 0 Å². The van der Waals surface area contributed by atoms with E-state index in [-0.39, 0.29) is 5.91 Å². The molecule has 90 valence electrons. The molecule has 7 heteroatoms. The van der Waals surface area contributed by atoms with E-state index >= 15 is 0 Å². The summed E-state index contributed by atoms with van der Waals surface area (Å²) >= 11 is 5.95. The quantitative estimate of drug-likeness (QED) is 0.716. The number of carbonyl (C=O) groups is 1. The third-order valence-corrected chi connectivity index (χ3v) is 2.94. The summed E-state index contributed by atoms with van der Waals surface area (Å²) in [6.45, 7) is 0. The summed E-state index contributed by atoms with van der Waals surface area (Å²) in [6, 6.07) is 7.09. The molecule has 18 heavy (non-hydrogen) atoms. The average molecular weight is 262 g/mol. The van der Waals surface area contributed by atoms with Crippen molar-refractivity contribution >= 4 is 34.1 Å². The number of fused-ring (bicyclic) bond motifs is 3. The topological polar surface area (TPSA) is 72.2 Å². The second kappa shape index (κ2) is 3.92. The van der Waals surface area contributed by atoms with Crippen LogP contribution in [0.5, 0.6) is 0 Å². The molecule has 0 saturated carbocycles. The van der Waals surface area contributed by atoms with E-state index in [1.807, 2.05) is 6.07 Å². The minimum absolute atomic E-state index is 0.230. The van der Waals surface area contributed by atoms with Gasteiger partial charge in [0.2, 0.25) is 0 Å². The molecule has 0 atom stereocenters. The van der Waals surface area contributed by atoms with E-state index in [4.69, 9.17) is 11.6 Å². The van der Waals surface area contributed by atoms with Gasteiger partial charge in [-0.15, -0.1) is 5.10 Å². The lowest BCUT2D eigenvalue weighted by molar-refractivity contribution is 0.0964. The van der Waals surface area contributed by atoms with Crippen LogP contribution >= 0.6 is 11.6 Å². The molecule has 0 unspecified atom stereocenters. The van der Waals surface area contributed by atoms with E-state index in [1.165, 1.54) is 4.52 Å². The highest BCUT2D eigenvalue weighted by atomic mass is 35.5. The number of carbonyl (C=O) groups excluding carboxylic acids is 1. The Kier molecular flexibility index (Phi) is 2.38. The first-order valence-electron chi connectivity index (χ1n) is 5.23. The first-order chi connectivity index (χ1) is 8.70. The van der Waals surface area contributed by atoms with Crippen LogP contribution in [0.25, 0.3) is 16.6 Å². The molecule has 6 nitrogen and oxygen atoms in total. The number of nitrogens with zero attached hydrogens (tertiary/aromatic N) is 4. The highest BCUT2D eigenvalue weighted by Gasteiger charge is 2.14. The molecule has 3 rings (SSSR count). The van der Waals surface area contributed by atoms with Crippen LogP contribution in [-0.2, 0) is 0 Å². The first-order valence-corrected chi connectivity index (χ1v) is 5.61. The Hall–Kier alpha value is -2.21. The predicted molar refractivity (Wildman–Crippen MR) is 66.7 cm³/mol. The molecule has 1 aromatic carbocycles.